The second-order valence-corrected chi connectivity index (χ2v) is 4.91. The molecular weight excluding hydrogens is 232 g/mol. The lowest BCUT2D eigenvalue weighted by atomic mass is 9.84. The molecule has 0 radical (unpaired) electrons. The molecular formula is C14H28O4. The fourth-order valence-electron chi connectivity index (χ4n) is 1.73. The van der Waals surface area contributed by atoms with Gasteiger partial charge in [-0.15, -0.1) is 0 Å². The number of aliphatic hydroxyl groups excluding tert-OH is 4. The van der Waals surface area contributed by atoms with E-state index >= 15 is 0 Å². The van der Waals surface area contributed by atoms with Crippen LogP contribution in [0.4, 0.5) is 0 Å². The number of unbranched alkanes of at least 4 members (excludes halogenated alkanes) is 5. The summed E-state index contributed by atoms with van der Waals surface area (Å²) in [6.07, 6.45) is 9.24. The van der Waals surface area contributed by atoms with E-state index < -0.39 is 31.3 Å². The van der Waals surface area contributed by atoms with Crippen molar-refractivity contribution in [1.82, 2.24) is 0 Å². The molecule has 4 N–H and O–H groups in total. The lowest BCUT2D eigenvalue weighted by molar-refractivity contribution is -0.0635. The molecule has 1 unspecified atom stereocenters. The predicted octanol–water partition coefficient (Wildman–Crippen LogP) is 1.23. The average Bonchev–Trinajstić information content (AvgIpc) is 2.40. The molecule has 4 heteroatoms. The summed E-state index contributed by atoms with van der Waals surface area (Å²) in [6.45, 7) is 0.848. The molecule has 0 heterocycles. The zero-order chi connectivity index (χ0) is 13.9. The summed E-state index contributed by atoms with van der Waals surface area (Å²) in [7, 11) is 0. The second-order valence-electron chi connectivity index (χ2n) is 4.91. The maximum Gasteiger partial charge on any atom is 0.0843 e. The van der Waals surface area contributed by atoms with E-state index in [9.17, 15) is 5.11 Å². The zero-order valence-electron chi connectivity index (χ0n) is 11.4. The van der Waals surface area contributed by atoms with Crippen LogP contribution in [0.5, 0.6) is 0 Å². The van der Waals surface area contributed by atoms with Gasteiger partial charge in [0, 0.05) is 0 Å². The predicted molar refractivity (Wildman–Crippen MR) is 72.2 cm³/mol. The summed E-state index contributed by atoms with van der Waals surface area (Å²) in [5.41, 5.74) is -1.24. The Balaban J connectivity index is 3.94. The standard InChI is InChI=1S/C14H28O4/c1-2-3-4-5-6-7-8-9-13(18)14(10-15,11-16)12-17/h8-9,13,15-18H,2-7,10-12H2,1H3. The van der Waals surface area contributed by atoms with Gasteiger partial charge in [-0.1, -0.05) is 44.8 Å². The van der Waals surface area contributed by atoms with Crippen LogP contribution in [-0.4, -0.2) is 46.4 Å². The Bertz CT molecular complexity index is 204. The minimum absolute atomic E-state index is 0.442. The van der Waals surface area contributed by atoms with Crippen molar-refractivity contribution in [2.75, 3.05) is 19.8 Å². The zero-order valence-corrected chi connectivity index (χ0v) is 11.4. The molecule has 0 rings (SSSR count). The Morgan fingerprint density at radius 1 is 0.944 bits per heavy atom. The molecule has 0 spiro atoms. The van der Waals surface area contributed by atoms with Crippen molar-refractivity contribution >= 4 is 0 Å². The number of rotatable bonds is 11. The molecule has 0 amide bonds. The highest BCUT2D eigenvalue weighted by Gasteiger charge is 2.34. The maximum absolute atomic E-state index is 9.83. The van der Waals surface area contributed by atoms with Crippen LogP contribution in [0.25, 0.3) is 0 Å². The molecule has 0 aliphatic heterocycles. The van der Waals surface area contributed by atoms with Gasteiger partial charge in [-0.3, -0.25) is 0 Å². The Morgan fingerprint density at radius 3 is 2.00 bits per heavy atom. The molecule has 0 aromatic rings. The normalized spacial score (nSPS) is 14.3. The largest absolute Gasteiger partial charge is 0.395 e. The van der Waals surface area contributed by atoms with Crippen molar-refractivity contribution in [3.8, 4) is 0 Å². The van der Waals surface area contributed by atoms with Crippen LogP contribution in [-0.2, 0) is 0 Å². The first-order valence-corrected chi connectivity index (χ1v) is 6.84. The summed E-state index contributed by atoms with van der Waals surface area (Å²) in [4.78, 5) is 0. The number of aliphatic hydroxyl groups is 4. The Labute approximate surface area is 110 Å². The molecule has 0 saturated carbocycles. The van der Waals surface area contributed by atoms with Gasteiger partial charge in [0.25, 0.3) is 0 Å². The van der Waals surface area contributed by atoms with E-state index in [0.29, 0.717) is 0 Å². The molecule has 1 atom stereocenters. The van der Waals surface area contributed by atoms with Crippen LogP contribution in [0.15, 0.2) is 12.2 Å². The summed E-state index contributed by atoms with van der Waals surface area (Å²) in [6, 6.07) is 0. The van der Waals surface area contributed by atoms with Crippen LogP contribution < -0.4 is 0 Å². The third-order valence-corrected chi connectivity index (χ3v) is 3.36. The minimum atomic E-state index is -1.24. The molecule has 0 bridgehead atoms. The van der Waals surface area contributed by atoms with E-state index in [2.05, 4.69) is 6.92 Å². The van der Waals surface area contributed by atoms with E-state index in [1.807, 2.05) is 6.08 Å². The third-order valence-electron chi connectivity index (χ3n) is 3.36. The maximum atomic E-state index is 9.83. The SMILES string of the molecule is CCCCCCCC=CC(O)C(CO)(CO)CO. The fourth-order valence-corrected chi connectivity index (χ4v) is 1.73. The monoisotopic (exact) mass is 260 g/mol. The lowest BCUT2D eigenvalue weighted by Gasteiger charge is -2.30. The van der Waals surface area contributed by atoms with Crippen molar-refractivity contribution < 1.29 is 20.4 Å². The molecule has 0 aliphatic rings. The van der Waals surface area contributed by atoms with Crippen molar-refractivity contribution in [3.05, 3.63) is 12.2 Å². The molecule has 0 fully saturated rings. The first-order chi connectivity index (χ1) is 8.66. The summed E-state index contributed by atoms with van der Waals surface area (Å²) in [5.74, 6) is 0. The third kappa shape index (κ3) is 5.96. The summed E-state index contributed by atoms with van der Waals surface area (Å²) >= 11 is 0. The van der Waals surface area contributed by atoms with Gasteiger partial charge in [-0.05, 0) is 12.8 Å². The van der Waals surface area contributed by atoms with E-state index in [4.69, 9.17) is 15.3 Å². The van der Waals surface area contributed by atoms with E-state index in [-0.39, 0.29) is 0 Å². The number of hydrogen-bond donors (Lipinski definition) is 4. The molecule has 0 saturated heterocycles. The highest BCUT2D eigenvalue weighted by molar-refractivity contribution is 4.99. The average molecular weight is 260 g/mol. The molecule has 0 aliphatic carbocycles. The smallest absolute Gasteiger partial charge is 0.0843 e. The van der Waals surface area contributed by atoms with Crippen LogP contribution in [0.1, 0.15) is 45.4 Å². The van der Waals surface area contributed by atoms with Crippen molar-refractivity contribution in [2.24, 2.45) is 5.41 Å². The Hall–Kier alpha value is -0.420. The number of hydrogen-bond acceptors (Lipinski definition) is 4. The van der Waals surface area contributed by atoms with Gasteiger partial charge < -0.3 is 20.4 Å². The highest BCUT2D eigenvalue weighted by atomic mass is 16.3. The van der Waals surface area contributed by atoms with Crippen LogP contribution >= 0.6 is 0 Å². The van der Waals surface area contributed by atoms with Crippen LogP contribution in [0.2, 0.25) is 0 Å². The quantitative estimate of drug-likeness (QED) is 0.333. The Morgan fingerprint density at radius 2 is 1.50 bits per heavy atom. The highest BCUT2D eigenvalue weighted by Crippen LogP contribution is 2.21. The lowest BCUT2D eigenvalue weighted by Crippen LogP contribution is -2.44. The van der Waals surface area contributed by atoms with Crippen LogP contribution in [0.3, 0.4) is 0 Å². The van der Waals surface area contributed by atoms with Crippen molar-refractivity contribution in [2.45, 2.75) is 51.6 Å². The Kier molecular flexibility index (Phi) is 10.3. The summed E-state index contributed by atoms with van der Waals surface area (Å²) < 4.78 is 0. The van der Waals surface area contributed by atoms with Gasteiger partial charge in [0.1, 0.15) is 0 Å². The molecule has 18 heavy (non-hydrogen) atoms. The second kappa shape index (κ2) is 10.5. The van der Waals surface area contributed by atoms with Crippen LogP contribution in [0, 0.1) is 5.41 Å². The van der Waals surface area contributed by atoms with E-state index in [1.54, 1.807) is 6.08 Å². The van der Waals surface area contributed by atoms with Gasteiger partial charge in [0.05, 0.1) is 31.3 Å². The van der Waals surface area contributed by atoms with E-state index in [1.165, 1.54) is 25.7 Å². The number of allylic oxidation sites excluding steroid dienone is 1. The molecule has 0 aromatic carbocycles. The summed E-state index contributed by atoms with van der Waals surface area (Å²) in [5, 5.41) is 37.2. The van der Waals surface area contributed by atoms with Gasteiger partial charge in [0.2, 0.25) is 0 Å². The molecule has 108 valence electrons. The first kappa shape index (κ1) is 17.6. The van der Waals surface area contributed by atoms with Gasteiger partial charge >= 0.3 is 0 Å². The fraction of sp³-hybridized carbons (Fsp3) is 0.857. The van der Waals surface area contributed by atoms with Gasteiger partial charge in [0.15, 0.2) is 0 Å². The van der Waals surface area contributed by atoms with Gasteiger partial charge in [-0.2, -0.15) is 0 Å². The van der Waals surface area contributed by atoms with Crippen molar-refractivity contribution in [1.29, 1.82) is 0 Å². The topological polar surface area (TPSA) is 80.9 Å². The molecule has 0 aromatic heterocycles. The van der Waals surface area contributed by atoms with Gasteiger partial charge in [-0.25, -0.2) is 0 Å². The van der Waals surface area contributed by atoms with E-state index in [0.717, 1.165) is 12.8 Å². The molecule has 4 nitrogen and oxygen atoms in total. The van der Waals surface area contributed by atoms with Crippen molar-refractivity contribution in [3.63, 3.8) is 0 Å². The minimum Gasteiger partial charge on any atom is -0.395 e. The first-order valence-electron chi connectivity index (χ1n) is 6.84.